The molecule has 0 bridgehead atoms. The van der Waals surface area contributed by atoms with Gasteiger partial charge in [0.1, 0.15) is 21.9 Å². The minimum absolute atomic E-state index is 0.178. The van der Waals surface area contributed by atoms with Gasteiger partial charge in [0.2, 0.25) is 25.6 Å². The number of aryl methyl sites for hydroxylation is 2. The number of hydrogen-bond acceptors (Lipinski definition) is 12. The second-order valence-electron chi connectivity index (χ2n) is 12.3. The molecule has 11 nitrogen and oxygen atoms in total. The maximum absolute atomic E-state index is 12.7. The summed E-state index contributed by atoms with van der Waals surface area (Å²) in [6, 6.07) is 16.5. The third-order valence-electron chi connectivity index (χ3n) is 8.67. The van der Waals surface area contributed by atoms with E-state index in [-0.39, 0.29) is 4.90 Å². The van der Waals surface area contributed by atoms with E-state index in [0.717, 1.165) is 68.9 Å². The molecule has 2 aliphatic heterocycles. The van der Waals surface area contributed by atoms with Crippen LogP contribution in [0.15, 0.2) is 84.0 Å². The summed E-state index contributed by atoms with van der Waals surface area (Å²) in [6.45, 7) is 4.39. The summed E-state index contributed by atoms with van der Waals surface area (Å²) < 4.78 is 91.3. The fourth-order valence-electron chi connectivity index (χ4n) is 5.80. The summed E-state index contributed by atoms with van der Waals surface area (Å²) in [5, 5.41) is 0. The number of sulfonamides is 2. The second-order valence-corrected chi connectivity index (χ2v) is 21.7. The molecule has 0 unspecified atom stereocenters. The molecule has 52 heavy (non-hydrogen) atoms. The molecular formula is C34H42N4O7S7. The average molecular weight is 843 g/mol. The number of hydrogen-bond donors (Lipinski definition) is 0. The molecular weight excluding hydrogens is 801 g/mol. The summed E-state index contributed by atoms with van der Waals surface area (Å²) in [6.07, 6.45) is 10.1. The number of rotatable bonds is 7. The lowest BCUT2D eigenvalue weighted by atomic mass is 10.2. The zero-order chi connectivity index (χ0) is 37.7. The zero-order valence-electron chi connectivity index (χ0n) is 29.3. The Morgan fingerprint density at radius 2 is 1.17 bits per heavy atom. The Kier molecular flexibility index (Phi) is 13.9. The molecule has 0 amide bonds. The lowest BCUT2D eigenvalue weighted by molar-refractivity contribution is -0.676. The number of piperidine rings is 2. The molecule has 282 valence electrons. The molecule has 0 aliphatic carbocycles. The van der Waals surface area contributed by atoms with Gasteiger partial charge in [-0.3, -0.25) is 0 Å². The van der Waals surface area contributed by atoms with Crippen LogP contribution in [0.2, 0.25) is 0 Å². The Morgan fingerprint density at radius 3 is 1.67 bits per heavy atom. The van der Waals surface area contributed by atoms with E-state index in [0.29, 0.717) is 36.0 Å². The van der Waals surface area contributed by atoms with Crippen LogP contribution in [0.1, 0.15) is 44.1 Å². The second kappa shape index (κ2) is 17.6. The highest BCUT2D eigenvalue weighted by molar-refractivity contribution is 8.00. The van der Waals surface area contributed by atoms with Crippen molar-refractivity contribution in [1.82, 2.24) is 13.6 Å². The quantitative estimate of drug-likeness (QED) is 0.0983. The highest BCUT2D eigenvalue weighted by Crippen LogP contribution is 2.32. The van der Waals surface area contributed by atoms with Gasteiger partial charge in [-0.05, 0) is 99.3 Å². The van der Waals surface area contributed by atoms with Crippen LogP contribution in [-0.2, 0) is 37.2 Å². The molecule has 0 radical (unpaired) electrons. The number of aromatic nitrogens is 2. The van der Waals surface area contributed by atoms with E-state index in [1.54, 1.807) is 85.1 Å². The Labute approximate surface area is 323 Å². The Morgan fingerprint density at radius 1 is 0.673 bits per heavy atom. The van der Waals surface area contributed by atoms with Gasteiger partial charge in [-0.25, -0.2) is 30.2 Å². The minimum atomic E-state index is -4.27. The van der Waals surface area contributed by atoms with Crippen LogP contribution in [0.4, 0.5) is 0 Å². The van der Waals surface area contributed by atoms with Crippen LogP contribution in [0.3, 0.4) is 0 Å². The van der Waals surface area contributed by atoms with Crippen molar-refractivity contribution in [2.24, 2.45) is 7.05 Å². The van der Waals surface area contributed by atoms with Gasteiger partial charge in [0, 0.05) is 32.2 Å². The van der Waals surface area contributed by atoms with Crippen molar-refractivity contribution in [1.29, 1.82) is 0 Å². The van der Waals surface area contributed by atoms with E-state index in [4.69, 9.17) is 0 Å². The lowest BCUT2D eigenvalue weighted by Crippen LogP contribution is -2.35. The van der Waals surface area contributed by atoms with Crippen LogP contribution in [0.5, 0.6) is 0 Å². The molecule has 2 saturated heterocycles. The molecule has 2 fully saturated rings. The van der Waals surface area contributed by atoms with Gasteiger partial charge in [0.25, 0.3) is 4.34 Å². The SMILES string of the molecule is CSc1nc2ccc(S(=O)(=O)N3CCCCC3)cc2s1.CSc1sc2cc(S(=O)(=O)N3CCCCC3)ccc2[n+]1C.Cc1ccc(S(=O)(=O)[O-])cc1. The highest BCUT2D eigenvalue weighted by Gasteiger charge is 2.28. The van der Waals surface area contributed by atoms with Gasteiger partial charge < -0.3 is 4.55 Å². The molecule has 7 rings (SSSR count). The predicted molar refractivity (Wildman–Crippen MR) is 211 cm³/mol. The van der Waals surface area contributed by atoms with Crippen molar-refractivity contribution in [3.63, 3.8) is 0 Å². The molecule has 0 saturated carbocycles. The smallest absolute Gasteiger partial charge is 0.297 e. The Hall–Kier alpha value is -2.13. The first-order valence-electron chi connectivity index (χ1n) is 16.6. The largest absolute Gasteiger partial charge is 0.744 e. The average Bonchev–Trinajstić information content (AvgIpc) is 3.72. The van der Waals surface area contributed by atoms with E-state index in [1.165, 1.54) is 16.5 Å². The molecule has 2 aromatic heterocycles. The molecule has 2 aliphatic rings. The van der Waals surface area contributed by atoms with Crippen molar-refractivity contribution in [2.45, 2.75) is 68.8 Å². The van der Waals surface area contributed by atoms with E-state index < -0.39 is 30.2 Å². The van der Waals surface area contributed by atoms with Crippen molar-refractivity contribution < 1.29 is 34.4 Å². The Bertz CT molecular complexity index is 2330. The highest BCUT2D eigenvalue weighted by atomic mass is 32.2. The van der Waals surface area contributed by atoms with Crippen LogP contribution in [0.25, 0.3) is 20.4 Å². The van der Waals surface area contributed by atoms with E-state index in [2.05, 4.69) is 9.55 Å². The van der Waals surface area contributed by atoms with Crippen LogP contribution in [0, 0.1) is 6.92 Å². The Balaban J connectivity index is 0.000000158. The summed E-state index contributed by atoms with van der Waals surface area (Å²) in [5.74, 6) is 0. The fourth-order valence-corrected chi connectivity index (χ4v) is 12.9. The van der Waals surface area contributed by atoms with Crippen molar-refractivity contribution in [3.8, 4) is 0 Å². The normalized spacial score (nSPS) is 16.2. The summed E-state index contributed by atoms with van der Waals surface area (Å²) in [5.41, 5.74) is 2.89. The van der Waals surface area contributed by atoms with E-state index in [9.17, 15) is 29.8 Å². The zero-order valence-corrected chi connectivity index (χ0v) is 35.1. The third-order valence-corrected chi connectivity index (χ3v) is 17.7. The van der Waals surface area contributed by atoms with E-state index >= 15 is 0 Å². The van der Waals surface area contributed by atoms with Gasteiger partial charge in [0.05, 0.1) is 24.9 Å². The number of thioether (sulfide) groups is 2. The van der Waals surface area contributed by atoms with Gasteiger partial charge in [-0.15, -0.1) is 11.3 Å². The minimum Gasteiger partial charge on any atom is -0.744 e. The predicted octanol–water partition coefficient (Wildman–Crippen LogP) is 6.71. The first-order valence-corrected chi connectivity index (χ1v) is 25.0. The van der Waals surface area contributed by atoms with Crippen molar-refractivity contribution in [2.75, 3.05) is 38.7 Å². The molecule has 0 N–H and O–H groups in total. The molecule has 3 aromatic carbocycles. The first kappa shape index (κ1) is 41.0. The van der Waals surface area contributed by atoms with Crippen LogP contribution >= 0.6 is 46.2 Å². The summed E-state index contributed by atoms with van der Waals surface area (Å²) >= 11 is 6.45. The maximum atomic E-state index is 12.7. The topological polar surface area (TPSA) is 149 Å². The summed E-state index contributed by atoms with van der Waals surface area (Å²) in [4.78, 5) is 5.08. The molecule has 5 aromatic rings. The van der Waals surface area contributed by atoms with Gasteiger partial charge in [-0.1, -0.05) is 53.6 Å². The third kappa shape index (κ3) is 9.75. The first-order chi connectivity index (χ1) is 24.6. The maximum Gasteiger partial charge on any atom is 0.297 e. The van der Waals surface area contributed by atoms with Gasteiger partial charge >= 0.3 is 0 Å². The van der Waals surface area contributed by atoms with Gasteiger partial charge in [-0.2, -0.15) is 13.2 Å². The monoisotopic (exact) mass is 842 g/mol. The number of benzene rings is 3. The van der Waals surface area contributed by atoms with Crippen LogP contribution in [-0.4, -0.2) is 82.1 Å². The van der Waals surface area contributed by atoms with Crippen molar-refractivity contribution in [3.05, 3.63) is 66.2 Å². The summed E-state index contributed by atoms with van der Waals surface area (Å²) in [7, 11) is -8.94. The van der Waals surface area contributed by atoms with Crippen LogP contribution < -0.4 is 4.57 Å². The fraction of sp³-hybridized carbons (Fsp3) is 0.412. The number of fused-ring (bicyclic) bond motifs is 2. The van der Waals surface area contributed by atoms with Crippen molar-refractivity contribution >= 4 is 96.8 Å². The molecule has 0 atom stereocenters. The standard InChI is InChI=1S/C14H19N2O2S3.C13H16N2O2S3.C7H8O3S/c1-15-12-7-6-11(10-13(12)20-14(15)19-2)21(17,18)16-8-4-3-5-9-16;1-18-13-14-11-6-5-10(9-12(11)19-13)20(16,17)15-7-3-2-4-8-15;1-6-2-4-7(5-3-6)11(8,9)10/h6-7,10H,3-5,8-9H2,1-2H3;5-6,9H,2-4,7-8H2,1H3;2-5H,1H3,(H,8,9,10)/q+1;;/p-1. The lowest BCUT2D eigenvalue weighted by Gasteiger charge is -2.25. The molecule has 4 heterocycles. The number of thiazole rings is 2. The molecule has 18 heteroatoms. The number of nitrogens with zero attached hydrogens (tertiary/aromatic N) is 4. The van der Waals surface area contributed by atoms with E-state index in [1.807, 2.05) is 44.7 Å². The molecule has 0 spiro atoms. The van der Waals surface area contributed by atoms with Gasteiger partial charge in [0.15, 0.2) is 4.34 Å².